The van der Waals surface area contributed by atoms with E-state index < -0.39 is 0 Å². The highest BCUT2D eigenvalue weighted by Crippen LogP contribution is 2.17. The van der Waals surface area contributed by atoms with Crippen molar-refractivity contribution in [3.8, 4) is 11.5 Å². The molecule has 1 atom stereocenters. The summed E-state index contributed by atoms with van der Waals surface area (Å²) < 4.78 is 11.7. The number of rotatable bonds is 7. The normalized spacial score (nSPS) is 11.7. The molecule has 0 aliphatic rings. The average Bonchev–Trinajstić information content (AvgIpc) is 2.63. The maximum atomic E-state index is 5.92. The molecule has 0 bridgehead atoms. The van der Waals surface area contributed by atoms with E-state index in [-0.39, 0.29) is 6.10 Å². The number of benzene rings is 3. The highest BCUT2D eigenvalue weighted by atomic mass is 16.5. The van der Waals surface area contributed by atoms with Gasteiger partial charge in [0.1, 0.15) is 18.1 Å². The summed E-state index contributed by atoms with van der Waals surface area (Å²) in [7, 11) is 0. The molecule has 2 nitrogen and oxygen atoms in total. The Morgan fingerprint density at radius 1 is 0.667 bits per heavy atom. The molecule has 0 N–H and O–H groups in total. The average molecular weight is 318 g/mol. The molecule has 0 aliphatic carbocycles. The molecule has 0 amide bonds. The van der Waals surface area contributed by atoms with Crippen molar-refractivity contribution in [2.45, 2.75) is 26.1 Å². The third-order valence-corrected chi connectivity index (χ3v) is 3.78. The molecule has 0 radical (unpaired) electrons. The minimum atomic E-state index is 0.128. The quantitative estimate of drug-likeness (QED) is 0.590. The Balaban J connectivity index is 1.50. The van der Waals surface area contributed by atoms with E-state index in [4.69, 9.17) is 9.47 Å². The van der Waals surface area contributed by atoms with Gasteiger partial charge in [-0.1, -0.05) is 60.7 Å². The molecule has 3 aromatic rings. The standard InChI is InChI=1S/C22H22O2/c1-18(24-22-10-6-3-7-11-22)16-19-12-14-21(15-13-19)23-17-20-8-4-2-5-9-20/h2-15,18H,16-17H2,1H3. The minimum absolute atomic E-state index is 0.128. The summed E-state index contributed by atoms with van der Waals surface area (Å²) in [6.45, 7) is 2.68. The molecule has 0 aromatic heterocycles. The van der Waals surface area contributed by atoms with E-state index in [1.165, 1.54) is 11.1 Å². The first-order valence-corrected chi connectivity index (χ1v) is 8.27. The van der Waals surface area contributed by atoms with E-state index in [1.807, 2.05) is 60.7 Å². The van der Waals surface area contributed by atoms with Crippen molar-refractivity contribution in [2.24, 2.45) is 0 Å². The highest BCUT2D eigenvalue weighted by Gasteiger charge is 2.06. The highest BCUT2D eigenvalue weighted by molar-refractivity contribution is 5.28. The lowest BCUT2D eigenvalue weighted by Gasteiger charge is -2.15. The van der Waals surface area contributed by atoms with E-state index >= 15 is 0 Å². The second kappa shape index (κ2) is 8.21. The van der Waals surface area contributed by atoms with Gasteiger partial charge in [0.2, 0.25) is 0 Å². The van der Waals surface area contributed by atoms with Crippen molar-refractivity contribution < 1.29 is 9.47 Å². The molecule has 0 saturated heterocycles. The minimum Gasteiger partial charge on any atom is -0.490 e. The van der Waals surface area contributed by atoms with Crippen LogP contribution in [0.2, 0.25) is 0 Å². The Hall–Kier alpha value is -2.74. The van der Waals surface area contributed by atoms with Crippen LogP contribution in [0.4, 0.5) is 0 Å². The van der Waals surface area contributed by atoms with E-state index in [2.05, 4.69) is 31.2 Å². The largest absolute Gasteiger partial charge is 0.490 e. The lowest BCUT2D eigenvalue weighted by atomic mass is 10.1. The molecular formula is C22H22O2. The zero-order chi connectivity index (χ0) is 16.6. The van der Waals surface area contributed by atoms with Crippen molar-refractivity contribution in [1.82, 2.24) is 0 Å². The fraction of sp³-hybridized carbons (Fsp3) is 0.182. The second-order valence-electron chi connectivity index (χ2n) is 5.86. The van der Waals surface area contributed by atoms with Gasteiger partial charge in [-0.15, -0.1) is 0 Å². The molecule has 0 fully saturated rings. The maximum Gasteiger partial charge on any atom is 0.119 e. The smallest absolute Gasteiger partial charge is 0.119 e. The van der Waals surface area contributed by atoms with Crippen LogP contribution in [0, 0.1) is 0 Å². The summed E-state index contributed by atoms with van der Waals surface area (Å²) in [5, 5.41) is 0. The van der Waals surface area contributed by atoms with Crippen LogP contribution in [0.1, 0.15) is 18.1 Å². The Kier molecular flexibility index (Phi) is 5.52. The molecule has 0 aliphatic heterocycles. The molecule has 1 unspecified atom stereocenters. The van der Waals surface area contributed by atoms with E-state index in [0.29, 0.717) is 6.61 Å². The van der Waals surface area contributed by atoms with Gasteiger partial charge in [0, 0.05) is 6.42 Å². The molecule has 122 valence electrons. The van der Waals surface area contributed by atoms with Gasteiger partial charge < -0.3 is 9.47 Å². The van der Waals surface area contributed by atoms with Crippen LogP contribution in [0.3, 0.4) is 0 Å². The predicted molar refractivity (Wildman–Crippen MR) is 97.5 cm³/mol. The van der Waals surface area contributed by atoms with Gasteiger partial charge in [-0.25, -0.2) is 0 Å². The number of para-hydroxylation sites is 1. The van der Waals surface area contributed by atoms with Crippen molar-refractivity contribution in [3.63, 3.8) is 0 Å². The van der Waals surface area contributed by atoms with Gasteiger partial charge >= 0.3 is 0 Å². The zero-order valence-corrected chi connectivity index (χ0v) is 13.9. The third-order valence-electron chi connectivity index (χ3n) is 3.78. The van der Waals surface area contributed by atoms with Crippen LogP contribution in [0.5, 0.6) is 11.5 Å². The molecule has 3 aromatic carbocycles. The van der Waals surface area contributed by atoms with Crippen molar-refractivity contribution in [1.29, 1.82) is 0 Å². The SMILES string of the molecule is CC(Cc1ccc(OCc2ccccc2)cc1)Oc1ccccc1. The Morgan fingerprint density at radius 2 is 1.29 bits per heavy atom. The first-order valence-electron chi connectivity index (χ1n) is 8.27. The predicted octanol–water partition coefficient (Wildman–Crippen LogP) is 5.28. The maximum absolute atomic E-state index is 5.92. The van der Waals surface area contributed by atoms with Gasteiger partial charge in [-0.05, 0) is 42.3 Å². The van der Waals surface area contributed by atoms with Crippen molar-refractivity contribution in [3.05, 3.63) is 96.1 Å². The lowest BCUT2D eigenvalue weighted by molar-refractivity contribution is 0.222. The monoisotopic (exact) mass is 318 g/mol. The van der Waals surface area contributed by atoms with E-state index in [1.54, 1.807) is 0 Å². The lowest BCUT2D eigenvalue weighted by Crippen LogP contribution is -2.14. The third kappa shape index (κ3) is 4.88. The van der Waals surface area contributed by atoms with Crippen molar-refractivity contribution in [2.75, 3.05) is 0 Å². The molecule has 0 saturated carbocycles. The summed E-state index contributed by atoms with van der Waals surface area (Å²) in [5.41, 5.74) is 2.41. The van der Waals surface area contributed by atoms with Gasteiger partial charge in [-0.2, -0.15) is 0 Å². The fourth-order valence-electron chi connectivity index (χ4n) is 2.57. The summed E-state index contributed by atoms with van der Waals surface area (Å²) in [6, 6.07) is 28.4. The van der Waals surface area contributed by atoms with Gasteiger partial charge in [0.15, 0.2) is 0 Å². The Labute approximate surface area is 143 Å². The summed E-state index contributed by atoms with van der Waals surface area (Å²) in [6.07, 6.45) is 0.997. The van der Waals surface area contributed by atoms with Gasteiger partial charge in [0.25, 0.3) is 0 Å². The first kappa shape index (κ1) is 16.1. The molecule has 3 rings (SSSR count). The Morgan fingerprint density at radius 3 is 1.96 bits per heavy atom. The summed E-state index contributed by atoms with van der Waals surface area (Å²) in [5.74, 6) is 1.80. The zero-order valence-electron chi connectivity index (χ0n) is 13.9. The molecular weight excluding hydrogens is 296 g/mol. The van der Waals surface area contributed by atoms with E-state index in [9.17, 15) is 0 Å². The van der Waals surface area contributed by atoms with E-state index in [0.717, 1.165) is 17.9 Å². The number of ether oxygens (including phenoxy) is 2. The second-order valence-corrected chi connectivity index (χ2v) is 5.86. The molecule has 0 spiro atoms. The van der Waals surface area contributed by atoms with Crippen LogP contribution in [-0.4, -0.2) is 6.10 Å². The number of hydrogen-bond acceptors (Lipinski definition) is 2. The first-order chi connectivity index (χ1) is 11.8. The molecule has 2 heteroatoms. The van der Waals surface area contributed by atoms with Gasteiger partial charge in [0.05, 0.1) is 6.10 Å². The van der Waals surface area contributed by atoms with Crippen LogP contribution >= 0.6 is 0 Å². The van der Waals surface area contributed by atoms with Crippen LogP contribution < -0.4 is 9.47 Å². The topological polar surface area (TPSA) is 18.5 Å². The number of hydrogen-bond donors (Lipinski definition) is 0. The fourth-order valence-corrected chi connectivity index (χ4v) is 2.57. The van der Waals surface area contributed by atoms with Gasteiger partial charge in [-0.3, -0.25) is 0 Å². The summed E-state index contributed by atoms with van der Waals surface area (Å²) >= 11 is 0. The molecule has 24 heavy (non-hydrogen) atoms. The molecule has 0 heterocycles. The van der Waals surface area contributed by atoms with Crippen molar-refractivity contribution >= 4 is 0 Å². The Bertz CT molecular complexity index is 721. The van der Waals surface area contributed by atoms with Crippen LogP contribution in [-0.2, 0) is 13.0 Å². The van der Waals surface area contributed by atoms with Crippen LogP contribution in [0.15, 0.2) is 84.9 Å². The summed E-state index contributed by atoms with van der Waals surface area (Å²) in [4.78, 5) is 0. The van der Waals surface area contributed by atoms with Crippen LogP contribution in [0.25, 0.3) is 0 Å².